The molecule has 1 N–H and O–H groups in total. The molecule has 1 heterocycles. The smallest absolute Gasteiger partial charge is 0.220 e. The summed E-state index contributed by atoms with van der Waals surface area (Å²) in [7, 11) is 2.06. The third-order valence-corrected chi connectivity index (χ3v) is 3.97. The van der Waals surface area contributed by atoms with E-state index < -0.39 is 0 Å². The second-order valence-corrected chi connectivity index (χ2v) is 5.76. The van der Waals surface area contributed by atoms with Crippen molar-refractivity contribution in [3.05, 3.63) is 47.3 Å². The van der Waals surface area contributed by atoms with Crippen LogP contribution in [0.3, 0.4) is 0 Å². The Balaban J connectivity index is 1.63. The maximum atomic E-state index is 11.9. The van der Waals surface area contributed by atoms with E-state index in [-0.39, 0.29) is 5.91 Å². The van der Waals surface area contributed by atoms with Crippen molar-refractivity contribution in [1.82, 2.24) is 10.5 Å². The summed E-state index contributed by atoms with van der Waals surface area (Å²) in [6, 6.07) is 10.2. The molecule has 2 aromatic rings. The largest absolute Gasteiger partial charge is 0.375 e. The molecule has 1 amide bonds. The Bertz CT molecular complexity index is 603. The molecule has 1 aromatic heterocycles. The highest BCUT2D eigenvalue weighted by atomic mass is 16.5. The molecule has 5 nitrogen and oxygen atoms in total. The SMILES string of the molecule is Cc1noc(C)c1CCC(=O)NCCCN(C)c1ccccc1. The van der Waals surface area contributed by atoms with Gasteiger partial charge in [-0.3, -0.25) is 4.79 Å². The number of rotatable bonds is 8. The lowest BCUT2D eigenvalue weighted by Gasteiger charge is -2.19. The van der Waals surface area contributed by atoms with Crippen molar-refractivity contribution in [2.24, 2.45) is 0 Å². The van der Waals surface area contributed by atoms with Gasteiger partial charge in [0.25, 0.3) is 0 Å². The van der Waals surface area contributed by atoms with Crippen LogP contribution in [0, 0.1) is 13.8 Å². The summed E-state index contributed by atoms with van der Waals surface area (Å²) in [6.45, 7) is 5.39. The summed E-state index contributed by atoms with van der Waals surface area (Å²) in [6.07, 6.45) is 2.07. The van der Waals surface area contributed by atoms with Crippen LogP contribution in [0.4, 0.5) is 5.69 Å². The van der Waals surface area contributed by atoms with Crippen molar-refractivity contribution >= 4 is 11.6 Å². The number of benzene rings is 1. The van der Waals surface area contributed by atoms with Gasteiger partial charge >= 0.3 is 0 Å². The monoisotopic (exact) mass is 315 g/mol. The molecule has 0 bridgehead atoms. The van der Waals surface area contributed by atoms with Gasteiger partial charge in [-0.1, -0.05) is 23.4 Å². The number of nitrogens with zero attached hydrogens (tertiary/aromatic N) is 2. The molecule has 0 aliphatic rings. The lowest BCUT2D eigenvalue weighted by molar-refractivity contribution is -0.121. The van der Waals surface area contributed by atoms with Crippen LogP contribution in [0.5, 0.6) is 0 Å². The highest BCUT2D eigenvalue weighted by Gasteiger charge is 2.10. The van der Waals surface area contributed by atoms with Gasteiger partial charge in [0, 0.05) is 37.8 Å². The molecule has 5 heteroatoms. The van der Waals surface area contributed by atoms with E-state index in [0.29, 0.717) is 19.4 Å². The van der Waals surface area contributed by atoms with Gasteiger partial charge in [0.2, 0.25) is 5.91 Å². The van der Waals surface area contributed by atoms with Crippen LogP contribution in [0.25, 0.3) is 0 Å². The average Bonchev–Trinajstić information content (AvgIpc) is 2.88. The summed E-state index contributed by atoms with van der Waals surface area (Å²) in [5, 5.41) is 6.88. The molecule has 0 aliphatic carbocycles. The van der Waals surface area contributed by atoms with Gasteiger partial charge in [0.15, 0.2) is 0 Å². The summed E-state index contributed by atoms with van der Waals surface area (Å²) in [5.41, 5.74) is 3.11. The number of carbonyl (C=O) groups is 1. The average molecular weight is 315 g/mol. The Morgan fingerprint density at radius 3 is 2.65 bits per heavy atom. The zero-order valence-corrected chi connectivity index (χ0v) is 14.1. The molecule has 0 radical (unpaired) electrons. The first-order valence-electron chi connectivity index (χ1n) is 8.02. The van der Waals surface area contributed by atoms with E-state index in [1.54, 1.807) is 0 Å². The second-order valence-electron chi connectivity index (χ2n) is 5.76. The maximum absolute atomic E-state index is 11.9. The number of aromatic nitrogens is 1. The van der Waals surface area contributed by atoms with Crippen LogP contribution < -0.4 is 10.2 Å². The normalized spacial score (nSPS) is 10.6. The van der Waals surface area contributed by atoms with E-state index in [2.05, 4.69) is 34.6 Å². The first-order valence-corrected chi connectivity index (χ1v) is 8.02. The summed E-state index contributed by atoms with van der Waals surface area (Å²) in [4.78, 5) is 14.1. The third kappa shape index (κ3) is 5.13. The Hall–Kier alpha value is -2.30. The van der Waals surface area contributed by atoms with E-state index in [4.69, 9.17) is 4.52 Å². The number of para-hydroxylation sites is 1. The topological polar surface area (TPSA) is 58.4 Å². The summed E-state index contributed by atoms with van der Waals surface area (Å²) < 4.78 is 5.11. The third-order valence-electron chi connectivity index (χ3n) is 3.97. The predicted molar refractivity (Wildman–Crippen MR) is 91.6 cm³/mol. The molecular formula is C18H25N3O2. The van der Waals surface area contributed by atoms with Gasteiger partial charge in [-0.05, 0) is 38.8 Å². The van der Waals surface area contributed by atoms with E-state index >= 15 is 0 Å². The van der Waals surface area contributed by atoms with E-state index in [0.717, 1.165) is 30.0 Å². The molecule has 0 unspecified atom stereocenters. The second kappa shape index (κ2) is 8.36. The zero-order valence-electron chi connectivity index (χ0n) is 14.1. The van der Waals surface area contributed by atoms with Crippen molar-refractivity contribution in [2.75, 3.05) is 25.0 Å². The first kappa shape index (κ1) is 17.1. The molecule has 2 rings (SSSR count). The highest BCUT2D eigenvalue weighted by Crippen LogP contribution is 2.14. The van der Waals surface area contributed by atoms with E-state index in [9.17, 15) is 4.79 Å². The fraction of sp³-hybridized carbons (Fsp3) is 0.444. The number of hydrogen-bond acceptors (Lipinski definition) is 4. The molecule has 124 valence electrons. The Morgan fingerprint density at radius 1 is 1.26 bits per heavy atom. The van der Waals surface area contributed by atoms with Crippen molar-refractivity contribution < 1.29 is 9.32 Å². The van der Waals surface area contributed by atoms with Crippen molar-refractivity contribution in [3.63, 3.8) is 0 Å². The van der Waals surface area contributed by atoms with E-state index in [1.165, 1.54) is 5.69 Å². The summed E-state index contributed by atoms with van der Waals surface area (Å²) in [5.74, 6) is 0.882. The minimum atomic E-state index is 0.0763. The molecule has 0 aliphatic heterocycles. The first-order chi connectivity index (χ1) is 11.1. The van der Waals surface area contributed by atoms with Crippen LogP contribution in [-0.2, 0) is 11.2 Å². The van der Waals surface area contributed by atoms with Gasteiger partial charge in [-0.2, -0.15) is 0 Å². The van der Waals surface area contributed by atoms with Crippen LogP contribution in [-0.4, -0.2) is 31.2 Å². The summed E-state index contributed by atoms with van der Waals surface area (Å²) >= 11 is 0. The van der Waals surface area contributed by atoms with Gasteiger partial charge in [0.05, 0.1) is 5.69 Å². The van der Waals surface area contributed by atoms with Crippen LogP contribution in [0.15, 0.2) is 34.9 Å². The number of aryl methyl sites for hydroxylation is 2. The number of amides is 1. The minimum absolute atomic E-state index is 0.0763. The van der Waals surface area contributed by atoms with Crippen molar-refractivity contribution in [2.45, 2.75) is 33.1 Å². The van der Waals surface area contributed by atoms with Crippen LogP contribution in [0.2, 0.25) is 0 Å². The molecule has 0 spiro atoms. The molecule has 0 saturated heterocycles. The molecule has 0 fully saturated rings. The Kier molecular flexibility index (Phi) is 6.20. The standard InChI is InChI=1S/C18H25N3O2/c1-14-17(15(2)23-20-14)10-11-18(22)19-12-7-13-21(3)16-8-5-4-6-9-16/h4-6,8-9H,7,10-13H2,1-3H3,(H,19,22). The number of nitrogens with one attached hydrogen (secondary N) is 1. The fourth-order valence-corrected chi connectivity index (χ4v) is 2.54. The molecule has 0 atom stereocenters. The van der Waals surface area contributed by atoms with Crippen molar-refractivity contribution in [3.8, 4) is 0 Å². The lowest BCUT2D eigenvalue weighted by atomic mass is 10.1. The number of anilines is 1. The van der Waals surface area contributed by atoms with Gasteiger partial charge in [0.1, 0.15) is 5.76 Å². The van der Waals surface area contributed by atoms with Gasteiger partial charge in [-0.15, -0.1) is 0 Å². The lowest BCUT2D eigenvalue weighted by Crippen LogP contribution is -2.28. The number of hydrogen-bond donors (Lipinski definition) is 1. The molecule has 1 aromatic carbocycles. The fourth-order valence-electron chi connectivity index (χ4n) is 2.54. The van der Waals surface area contributed by atoms with Gasteiger partial charge < -0.3 is 14.7 Å². The number of carbonyl (C=O) groups excluding carboxylic acids is 1. The quantitative estimate of drug-likeness (QED) is 0.761. The van der Waals surface area contributed by atoms with Gasteiger partial charge in [-0.25, -0.2) is 0 Å². The zero-order chi connectivity index (χ0) is 16.7. The predicted octanol–water partition coefficient (Wildman–Crippen LogP) is 2.87. The van der Waals surface area contributed by atoms with E-state index in [1.807, 2.05) is 32.0 Å². The molecular weight excluding hydrogens is 290 g/mol. The Morgan fingerprint density at radius 2 is 2.00 bits per heavy atom. The molecule has 23 heavy (non-hydrogen) atoms. The maximum Gasteiger partial charge on any atom is 0.220 e. The van der Waals surface area contributed by atoms with Crippen LogP contribution in [0.1, 0.15) is 29.9 Å². The molecule has 0 saturated carbocycles. The van der Waals surface area contributed by atoms with Crippen molar-refractivity contribution in [1.29, 1.82) is 0 Å². The van der Waals surface area contributed by atoms with Crippen LogP contribution >= 0.6 is 0 Å². The Labute approximate surface area is 137 Å². The highest BCUT2D eigenvalue weighted by molar-refractivity contribution is 5.76. The minimum Gasteiger partial charge on any atom is -0.375 e.